The largest absolute Gasteiger partial charge is 0.466 e. The Labute approximate surface area is 170 Å². The Hall–Kier alpha value is -2.50. The summed E-state index contributed by atoms with van der Waals surface area (Å²) in [5, 5.41) is 7.28. The van der Waals surface area contributed by atoms with Crippen molar-refractivity contribution in [3.05, 3.63) is 36.3 Å². The van der Waals surface area contributed by atoms with Crippen LogP contribution in [0.4, 0.5) is 22.0 Å². The van der Waals surface area contributed by atoms with E-state index in [-0.39, 0.29) is 11.7 Å². The topological polar surface area (TPSA) is 64.8 Å². The minimum absolute atomic E-state index is 0.0206. The molecule has 1 saturated carbocycles. The van der Waals surface area contributed by atoms with Gasteiger partial charge in [-0.2, -0.15) is 22.0 Å². The van der Waals surface area contributed by atoms with Crippen molar-refractivity contribution in [1.82, 2.24) is 19.7 Å². The Morgan fingerprint density at radius 1 is 1.27 bits per heavy atom. The van der Waals surface area contributed by atoms with Gasteiger partial charge in [-0.25, -0.2) is 0 Å². The fraction of sp³-hybridized carbons (Fsp3) is 0.611. The molecule has 0 aliphatic heterocycles. The molecule has 2 rings (SSSR count). The summed E-state index contributed by atoms with van der Waals surface area (Å²) in [6.45, 7) is 5.78. The Morgan fingerprint density at radius 2 is 1.90 bits per heavy atom. The molecule has 7 nitrogen and oxygen atoms in total. The van der Waals surface area contributed by atoms with Crippen molar-refractivity contribution in [2.45, 2.75) is 57.3 Å². The fourth-order valence-corrected chi connectivity index (χ4v) is 2.47. The van der Waals surface area contributed by atoms with Crippen LogP contribution in [-0.4, -0.2) is 58.4 Å². The minimum Gasteiger partial charge on any atom is -0.466 e. The van der Waals surface area contributed by atoms with Crippen LogP contribution in [0.2, 0.25) is 0 Å². The van der Waals surface area contributed by atoms with E-state index in [2.05, 4.69) is 21.8 Å². The SMILES string of the molecule is C=C/C=C(/O[C@@H](C)C(F)(F)F)N(C)C(C)n1c(C=NC)nnc1C(F)(F)OC1CC1. The number of alkyl halides is 5. The second-order valence-electron chi connectivity index (χ2n) is 6.76. The predicted molar refractivity (Wildman–Crippen MR) is 98.9 cm³/mol. The molecule has 1 unspecified atom stereocenters. The van der Waals surface area contributed by atoms with Crippen molar-refractivity contribution in [3.63, 3.8) is 0 Å². The van der Waals surface area contributed by atoms with Gasteiger partial charge in [-0.05, 0) is 32.8 Å². The second-order valence-corrected chi connectivity index (χ2v) is 6.76. The number of aliphatic imine (C=N–C) groups is 1. The van der Waals surface area contributed by atoms with Crippen molar-refractivity contribution in [3.8, 4) is 0 Å². The van der Waals surface area contributed by atoms with Crippen LogP contribution in [0.3, 0.4) is 0 Å². The number of aromatic nitrogens is 3. The third-order valence-electron chi connectivity index (χ3n) is 4.37. The van der Waals surface area contributed by atoms with E-state index in [0.717, 1.165) is 11.5 Å². The molecule has 168 valence electrons. The molecule has 1 heterocycles. The molecular weight excluding hydrogens is 413 g/mol. The molecule has 30 heavy (non-hydrogen) atoms. The van der Waals surface area contributed by atoms with E-state index in [1.165, 1.54) is 44.3 Å². The number of hydrogen-bond acceptors (Lipinski definition) is 6. The summed E-state index contributed by atoms with van der Waals surface area (Å²) in [6, 6.07) is 0. The average Bonchev–Trinajstić information content (AvgIpc) is 3.34. The molecule has 0 N–H and O–H groups in total. The third kappa shape index (κ3) is 5.55. The Bertz CT molecular complexity index is 801. The van der Waals surface area contributed by atoms with Crippen molar-refractivity contribution < 1.29 is 31.4 Å². The summed E-state index contributed by atoms with van der Waals surface area (Å²) < 4.78 is 79.0. The maximum absolute atomic E-state index is 14.7. The van der Waals surface area contributed by atoms with Crippen LogP contribution in [0.15, 0.2) is 29.6 Å². The third-order valence-corrected chi connectivity index (χ3v) is 4.37. The van der Waals surface area contributed by atoms with Crippen LogP contribution in [0, 0.1) is 0 Å². The lowest BCUT2D eigenvalue weighted by molar-refractivity contribution is -0.263. The van der Waals surface area contributed by atoms with Gasteiger partial charge in [-0.1, -0.05) is 12.7 Å². The van der Waals surface area contributed by atoms with Crippen LogP contribution < -0.4 is 0 Å². The van der Waals surface area contributed by atoms with Crippen LogP contribution in [0.5, 0.6) is 0 Å². The Kier molecular flexibility index (Phi) is 7.22. The zero-order valence-electron chi connectivity index (χ0n) is 17.0. The highest BCUT2D eigenvalue weighted by molar-refractivity contribution is 5.74. The lowest BCUT2D eigenvalue weighted by Crippen LogP contribution is -2.36. The minimum atomic E-state index is -4.61. The van der Waals surface area contributed by atoms with Gasteiger partial charge in [-0.3, -0.25) is 9.56 Å². The number of hydrogen-bond donors (Lipinski definition) is 0. The van der Waals surface area contributed by atoms with Gasteiger partial charge < -0.3 is 14.4 Å². The number of ether oxygens (including phenoxy) is 2. The summed E-state index contributed by atoms with van der Waals surface area (Å²) in [5.41, 5.74) is 0. The number of rotatable bonds is 10. The van der Waals surface area contributed by atoms with Crippen LogP contribution >= 0.6 is 0 Å². The van der Waals surface area contributed by atoms with Crippen molar-refractivity contribution >= 4 is 6.21 Å². The quantitative estimate of drug-likeness (QED) is 0.240. The van der Waals surface area contributed by atoms with Gasteiger partial charge >= 0.3 is 12.3 Å². The summed E-state index contributed by atoms with van der Waals surface area (Å²) >= 11 is 0. The standard InChI is InChI=1S/C18H24F5N5O2/c1-6-7-15(29-11(2)17(19,20)21)27(5)12(3)28-14(10-24-4)25-26-16(28)18(22,23)30-13-8-9-13/h6-7,10-13H,1,8-9H2,2-5H3/b15-7+,24-10?/t11-,12?/m0/s1. The fourth-order valence-electron chi connectivity index (χ4n) is 2.47. The maximum atomic E-state index is 14.7. The van der Waals surface area contributed by atoms with E-state index in [4.69, 9.17) is 9.47 Å². The molecule has 1 aromatic heterocycles. The Morgan fingerprint density at radius 3 is 2.40 bits per heavy atom. The molecule has 0 radical (unpaired) electrons. The molecule has 0 saturated heterocycles. The molecule has 12 heteroatoms. The highest BCUT2D eigenvalue weighted by Crippen LogP contribution is 2.38. The van der Waals surface area contributed by atoms with E-state index < -0.39 is 36.5 Å². The lowest BCUT2D eigenvalue weighted by Gasteiger charge is -2.33. The monoisotopic (exact) mass is 437 g/mol. The van der Waals surface area contributed by atoms with Gasteiger partial charge in [0.05, 0.1) is 12.3 Å². The summed E-state index contributed by atoms with van der Waals surface area (Å²) in [4.78, 5) is 5.01. The van der Waals surface area contributed by atoms with Crippen molar-refractivity contribution in [2.75, 3.05) is 14.1 Å². The number of nitrogens with zero attached hydrogens (tertiary/aromatic N) is 5. The van der Waals surface area contributed by atoms with Crippen molar-refractivity contribution in [1.29, 1.82) is 0 Å². The van der Waals surface area contributed by atoms with E-state index in [1.54, 1.807) is 0 Å². The molecule has 0 spiro atoms. The summed E-state index contributed by atoms with van der Waals surface area (Å²) in [5.74, 6) is -1.04. The van der Waals surface area contributed by atoms with Crippen molar-refractivity contribution in [2.24, 2.45) is 4.99 Å². The van der Waals surface area contributed by atoms with Gasteiger partial charge in [-0.15, -0.1) is 10.2 Å². The van der Waals surface area contributed by atoms with E-state index in [9.17, 15) is 22.0 Å². The molecular formula is C18H24F5N5O2. The molecule has 0 bridgehead atoms. The molecule has 0 aromatic carbocycles. The zero-order valence-corrected chi connectivity index (χ0v) is 17.0. The van der Waals surface area contributed by atoms with Crippen LogP contribution in [-0.2, 0) is 15.6 Å². The average molecular weight is 437 g/mol. The highest BCUT2D eigenvalue weighted by Gasteiger charge is 2.46. The molecule has 2 atom stereocenters. The molecule has 0 amide bonds. The van der Waals surface area contributed by atoms with Crippen LogP contribution in [0.1, 0.15) is 44.5 Å². The van der Waals surface area contributed by atoms with E-state index in [1.807, 2.05) is 0 Å². The van der Waals surface area contributed by atoms with Gasteiger partial charge in [0.15, 0.2) is 17.8 Å². The predicted octanol–water partition coefficient (Wildman–Crippen LogP) is 4.00. The number of allylic oxidation sites excluding steroid dienone is 2. The maximum Gasteiger partial charge on any atom is 0.425 e. The first kappa shape index (κ1) is 23.8. The normalized spacial score (nSPS) is 17.8. The van der Waals surface area contributed by atoms with E-state index >= 15 is 0 Å². The lowest BCUT2D eigenvalue weighted by atomic mass is 10.3. The number of halogens is 5. The first-order chi connectivity index (χ1) is 13.9. The van der Waals surface area contributed by atoms with E-state index in [0.29, 0.717) is 12.8 Å². The van der Waals surface area contributed by atoms with Gasteiger partial charge in [0.2, 0.25) is 5.82 Å². The zero-order chi connectivity index (χ0) is 22.7. The van der Waals surface area contributed by atoms with Gasteiger partial charge in [0, 0.05) is 14.1 Å². The van der Waals surface area contributed by atoms with Gasteiger partial charge in [0.25, 0.3) is 0 Å². The second kappa shape index (κ2) is 9.11. The van der Waals surface area contributed by atoms with Crippen LogP contribution in [0.25, 0.3) is 0 Å². The first-order valence-electron chi connectivity index (χ1n) is 9.14. The first-order valence-corrected chi connectivity index (χ1v) is 9.14. The Balaban J connectivity index is 2.41. The summed E-state index contributed by atoms with van der Waals surface area (Å²) in [7, 11) is 2.81. The van der Waals surface area contributed by atoms with Gasteiger partial charge in [0.1, 0.15) is 6.17 Å². The molecule has 1 aliphatic carbocycles. The molecule has 1 aliphatic rings. The smallest absolute Gasteiger partial charge is 0.425 e. The highest BCUT2D eigenvalue weighted by atomic mass is 19.4. The molecule has 1 fully saturated rings. The molecule has 1 aromatic rings. The summed E-state index contributed by atoms with van der Waals surface area (Å²) in [6.07, 6.45) is -7.38.